The van der Waals surface area contributed by atoms with E-state index in [2.05, 4.69) is 15.4 Å². The van der Waals surface area contributed by atoms with E-state index in [0.717, 1.165) is 42.2 Å². The highest BCUT2D eigenvalue weighted by Crippen LogP contribution is 2.47. The third kappa shape index (κ3) is 8.20. The normalized spacial score (nSPS) is 26.3. The molecule has 3 fully saturated rings. The highest BCUT2D eigenvalue weighted by molar-refractivity contribution is 7.91. The highest BCUT2D eigenvalue weighted by Gasteiger charge is 2.63. The Morgan fingerprint density at radius 2 is 1.74 bits per heavy atom. The number of aromatic nitrogens is 1. The van der Waals surface area contributed by atoms with Crippen LogP contribution in [0.4, 0.5) is 0 Å². The van der Waals surface area contributed by atoms with Gasteiger partial charge in [-0.05, 0) is 63.1 Å². The molecule has 4 aromatic rings. The molecule has 13 heteroatoms. The Labute approximate surface area is 339 Å². The van der Waals surface area contributed by atoms with Crippen molar-refractivity contribution in [2.75, 3.05) is 13.7 Å². The second-order valence-corrected chi connectivity index (χ2v) is 18.6. The number of nitrogens with one attached hydrogen (secondary N) is 3. The summed E-state index contributed by atoms with van der Waals surface area (Å²) >= 11 is 0. The van der Waals surface area contributed by atoms with Crippen molar-refractivity contribution < 1.29 is 32.3 Å². The molecule has 2 aliphatic heterocycles. The van der Waals surface area contributed by atoms with Crippen LogP contribution in [0.2, 0.25) is 0 Å². The van der Waals surface area contributed by atoms with Crippen molar-refractivity contribution in [3.8, 4) is 22.8 Å². The molecule has 0 bridgehead atoms. The number of amides is 3. The summed E-state index contributed by atoms with van der Waals surface area (Å²) in [4.78, 5) is 49.9. The van der Waals surface area contributed by atoms with E-state index in [9.17, 15) is 22.8 Å². The first kappa shape index (κ1) is 39.6. The lowest BCUT2D eigenvalue weighted by molar-refractivity contribution is -0.141. The molecule has 4 aliphatic rings. The standard InChI is InChI=1S/C45H51N5O7S/c1-44(22-23-44)58(54,55)49-43(53)45-27-32(45)18-12-4-3-5-13-19-36(46-28-30-14-8-6-9-15-30)42(52)50-29-34(25-39(50)41(51)48-45)57-40-26-37(31-16-10-7-11-17-31)47-38-24-33(56-2)20-21-35(38)40/h6-12,14-18,20-21,24,26,32,34,36,39,46H,3-5,13,19,22-23,25,27-29H2,1-2H3,(H,48,51)(H,49,53)/b18-12-/t32-,34-,36+,39+,45-/m1/s1. The molecule has 12 nitrogen and oxygen atoms in total. The summed E-state index contributed by atoms with van der Waals surface area (Å²) in [5.74, 6) is -0.687. The molecule has 5 atom stereocenters. The first-order valence-corrected chi connectivity index (χ1v) is 21.8. The molecule has 1 saturated heterocycles. The van der Waals surface area contributed by atoms with Crippen LogP contribution in [0.1, 0.15) is 70.3 Å². The molecule has 2 aliphatic carbocycles. The number of carbonyl (C=O) groups excluding carboxylic acids is 3. The maximum Gasteiger partial charge on any atom is 0.259 e. The first-order chi connectivity index (χ1) is 28.0. The summed E-state index contributed by atoms with van der Waals surface area (Å²) in [5, 5.41) is 7.23. The van der Waals surface area contributed by atoms with Crippen LogP contribution >= 0.6 is 0 Å². The van der Waals surface area contributed by atoms with Crippen LogP contribution in [0, 0.1) is 5.92 Å². The van der Waals surface area contributed by atoms with E-state index < -0.39 is 56.2 Å². The van der Waals surface area contributed by atoms with E-state index in [-0.39, 0.29) is 25.3 Å². The number of pyridine rings is 1. The van der Waals surface area contributed by atoms with Gasteiger partial charge in [0.05, 0.1) is 35.7 Å². The van der Waals surface area contributed by atoms with Crippen molar-refractivity contribution in [1.82, 2.24) is 25.2 Å². The maximum atomic E-state index is 14.8. The first-order valence-electron chi connectivity index (χ1n) is 20.3. The monoisotopic (exact) mass is 805 g/mol. The lowest BCUT2D eigenvalue weighted by atomic mass is 10.0. The molecule has 2 saturated carbocycles. The van der Waals surface area contributed by atoms with Crippen molar-refractivity contribution in [2.45, 2.75) is 99.7 Å². The van der Waals surface area contributed by atoms with Gasteiger partial charge in [-0.25, -0.2) is 13.4 Å². The molecule has 1 aromatic heterocycles. The number of rotatable bonds is 10. The van der Waals surface area contributed by atoms with Gasteiger partial charge in [-0.1, -0.05) is 85.7 Å². The summed E-state index contributed by atoms with van der Waals surface area (Å²) in [6.07, 6.45) is 8.61. The number of hydrogen-bond donors (Lipinski definition) is 3. The Balaban J connectivity index is 1.12. The van der Waals surface area contributed by atoms with Crippen LogP contribution in [-0.2, 0) is 31.0 Å². The predicted octanol–water partition coefficient (Wildman–Crippen LogP) is 5.81. The molecular formula is C45H51N5O7S. The van der Waals surface area contributed by atoms with Gasteiger partial charge in [0.2, 0.25) is 21.8 Å². The van der Waals surface area contributed by atoms with E-state index >= 15 is 0 Å². The Bertz CT molecular complexity index is 2320. The molecule has 8 rings (SSSR count). The topological polar surface area (TPSA) is 156 Å². The number of allylic oxidation sites excluding steroid dienone is 1. The van der Waals surface area contributed by atoms with Gasteiger partial charge in [0.1, 0.15) is 29.2 Å². The van der Waals surface area contributed by atoms with Crippen LogP contribution in [-0.4, -0.2) is 78.2 Å². The van der Waals surface area contributed by atoms with Crippen LogP contribution < -0.4 is 24.8 Å². The second kappa shape index (κ2) is 16.2. The smallest absolute Gasteiger partial charge is 0.259 e. The molecule has 0 radical (unpaired) electrons. The molecule has 3 aromatic carbocycles. The van der Waals surface area contributed by atoms with Crippen molar-refractivity contribution in [3.63, 3.8) is 0 Å². The minimum absolute atomic E-state index is 0.121. The van der Waals surface area contributed by atoms with Gasteiger partial charge in [0, 0.05) is 42.0 Å². The number of nitrogens with zero attached hydrogens (tertiary/aromatic N) is 2. The molecule has 3 N–H and O–H groups in total. The van der Waals surface area contributed by atoms with Crippen molar-refractivity contribution >= 4 is 38.6 Å². The fourth-order valence-electron chi connectivity index (χ4n) is 8.18. The van der Waals surface area contributed by atoms with E-state index in [4.69, 9.17) is 14.5 Å². The number of fused-ring (bicyclic) bond motifs is 3. The van der Waals surface area contributed by atoms with Crippen LogP contribution in [0.3, 0.4) is 0 Å². The van der Waals surface area contributed by atoms with Gasteiger partial charge in [-0.15, -0.1) is 0 Å². The molecule has 58 heavy (non-hydrogen) atoms. The van der Waals surface area contributed by atoms with Gasteiger partial charge in [0.25, 0.3) is 5.91 Å². The SMILES string of the molecule is COc1ccc2c(O[C@@H]3C[C@H]4C(=O)N[C@]5(C(=O)NS(=O)(=O)C6(C)CC6)C[C@H]5/C=C\CCCCC[C@H](NCc5ccccc5)C(=O)N4C3)cc(-c3ccccc3)nc2c1. The molecule has 3 amide bonds. The third-order valence-electron chi connectivity index (χ3n) is 12.2. The summed E-state index contributed by atoms with van der Waals surface area (Å²) in [7, 11) is -2.36. The van der Waals surface area contributed by atoms with Crippen LogP contribution in [0.5, 0.6) is 11.5 Å². The zero-order valence-electron chi connectivity index (χ0n) is 33.0. The average molecular weight is 806 g/mol. The molecule has 0 spiro atoms. The summed E-state index contributed by atoms with van der Waals surface area (Å²) < 4.78 is 40.1. The number of hydrogen-bond acceptors (Lipinski definition) is 9. The van der Waals surface area contributed by atoms with Crippen LogP contribution in [0.25, 0.3) is 22.2 Å². The number of carbonyl (C=O) groups is 3. The summed E-state index contributed by atoms with van der Waals surface area (Å²) in [6, 6.07) is 25.5. The van der Waals surface area contributed by atoms with E-state index in [0.29, 0.717) is 48.5 Å². The Morgan fingerprint density at radius 3 is 2.48 bits per heavy atom. The zero-order valence-corrected chi connectivity index (χ0v) is 33.8. The fraction of sp³-hybridized carbons (Fsp3) is 0.422. The number of methoxy groups -OCH3 is 1. The largest absolute Gasteiger partial charge is 0.497 e. The van der Waals surface area contributed by atoms with E-state index in [1.165, 1.54) is 0 Å². The third-order valence-corrected chi connectivity index (χ3v) is 14.4. The fourth-order valence-corrected chi connectivity index (χ4v) is 9.49. The number of benzene rings is 3. The quantitative estimate of drug-likeness (QED) is 0.169. The molecule has 304 valence electrons. The Hall–Kier alpha value is -5.27. The molecular weight excluding hydrogens is 755 g/mol. The summed E-state index contributed by atoms with van der Waals surface area (Å²) in [5.41, 5.74) is 1.83. The Morgan fingerprint density at radius 1 is 0.983 bits per heavy atom. The number of sulfonamides is 1. The maximum absolute atomic E-state index is 14.8. The van der Waals surface area contributed by atoms with Crippen LogP contribution in [0.15, 0.2) is 97.1 Å². The molecule has 0 unspecified atom stereocenters. The Kier molecular flexibility index (Phi) is 11.0. The van der Waals surface area contributed by atoms with Crippen molar-refractivity contribution in [2.24, 2.45) is 5.92 Å². The van der Waals surface area contributed by atoms with E-state index in [1.807, 2.05) is 97.1 Å². The summed E-state index contributed by atoms with van der Waals surface area (Å²) in [6.45, 7) is 2.21. The predicted molar refractivity (Wildman–Crippen MR) is 221 cm³/mol. The van der Waals surface area contributed by atoms with Gasteiger partial charge in [0.15, 0.2) is 0 Å². The van der Waals surface area contributed by atoms with Crippen molar-refractivity contribution in [1.29, 1.82) is 0 Å². The molecule has 3 heterocycles. The second-order valence-electron chi connectivity index (χ2n) is 16.4. The lowest BCUT2D eigenvalue weighted by Gasteiger charge is -2.30. The minimum Gasteiger partial charge on any atom is -0.497 e. The van der Waals surface area contributed by atoms with E-state index in [1.54, 1.807) is 18.9 Å². The van der Waals surface area contributed by atoms with Gasteiger partial charge >= 0.3 is 0 Å². The average Bonchev–Trinajstić information content (AvgIpc) is 4.11. The number of ether oxygens (including phenoxy) is 2. The zero-order chi connectivity index (χ0) is 40.5. The van der Waals surface area contributed by atoms with Gasteiger partial charge < -0.3 is 25.0 Å². The van der Waals surface area contributed by atoms with Crippen molar-refractivity contribution in [3.05, 3.63) is 103 Å². The van der Waals surface area contributed by atoms with Gasteiger partial charge in [-0.2, -0.15) is 0 Å². The minimum atomic E-state index is -3.96. The highest BCUT2D eigenvalue weighted by atomic mass is 32.2. The lowest BCUT2D eigenvalue weighted by Crippen LogP contribution is -2.58. The van der Waals surface area contributed by atoms with Gasteiger partial charge in [-0.3, -0.25) is 19.1 Å².